The van der Waals surface area contributed by atoms with Gasteiger partial charge in [-0.1, -0.05) is 45.0 Å². The van der Waals surface area contributed by atoms with Gasteiger partial charge in [0.15, 0.2) is 5.78 Å². The van der Waals surface area contributed by atoms with Crippen LogP contribution in [0.4, 0.5) is 0 Å². The molecule has 0 radical (unpaired) electrons. The normalized spacial score (nSPS) is 16.0. The van der Waals surface area contributed by atoms with Crippen molar-refractivity contribution in [2.24, 2.45) is 0 Å². The van der Waals surface area contributed by atoms with Crippen LogP contribution in [0.25, 0.3) is 0 Å². The number of hydrogen-bond donors (Lipinski definition) is 1. The Hall–Kier alpha value is -2.40. The molecule has 0 bridgehead atoms. The number of Topliss-reactive ketones (excluding diaryl/α,β-unsaturated/α-hetero) is 1. The second kappa shape index (κ2) is 9.40. The number of benzene rings is 1. The van der Waals surface area contributed by atoms with Gasteiger partial charge in [0, 0.05) is 24.9 Å². The van der Waals surface area contributed by atoms with Crippen molar-refractivity contribution in [1.29, 1.82) is 0 Å². The average Bonchev–Trinajstić information content (AvgIpc) is 3.40. The Morgan fingerprint density at radius 1 is 1.07 bits per heavy atom. The van der Waals surface area contributed by atoms with Crippen molar-refractivity contribution >= 4 is 11.7 Å². The monoisotopic (exact) mass is 396 g/mol. The minimum Gasteiger partial charge on any atom is -0.468 e. The van der Waals surface area contributed by atoms with Gasteiger partial charge in [0.2, 0.25) is 5.91 Å². The third-order valence-corrected chi connectivity index (χ3v) is 5.60. The van der Waals surface area contributed by atoms with Crippen molar-refractivity contribution in [3.05, 3.63) is 59.5 Å². The fourth-order valence-electron chi connectivity index (χ4n) is 3.77. The fraction of sp³-hybridized carbons (Fsp3) is 0.500. The Bertz CT molecular complexity index is 798. The maximum absolute atomic E-state index is 12.4. The predicted molar refractivity (Wildman–Crippen MR) is 114 cm³/mol. The van der Waals surface area contributed by atoms with E-state index in [0.717, 1.165) is 18.8 Å². The summed E-state index contributed by atoms with van der Waals surface area (Å²) in [5.41, 5.74) is 1.91. The summed E-state index contributed by atoms with van der Waals surface area (Å²) in [7, 11) is 0. The molecule has 1 aliphatic heterocycles. The summed E-state index contributed by atoms with van der Waals surface area (Å²) in [5, 5.41) is 2.99. The number of likely N-dealkylation sites (tertiary alicyclic amines) is 1. The molecule has 0 saturated carbocycles. The quantitative estimate of drug-likeness (QED) is 0.668. The van der Waals surface area contributed by atoms with Crippen LogP contribution in [0.5, 0.6) is 0 Å². The summed E-state index contributed by atoms with van der Waals surface area (Å²) >= 11 is 0. The number of carbonyl (C=O) groups excluding carboxylic acids is 2. The molecule has 1 saturated heterocycles. The number of amides is 1. The van der Waals surface area contributed by atoms with Gasteiger partial charge in [0.05, 0.1) is 12.3 Å². The summed E-state index contributed by atoms with van der Waals surface area (Å²) in [6.45, 7) is 8.97. The van der Waals surface area contributed by atoms with Crippen LogP contribution in [0, 0.1) is 0 Å². The number of carbonyl (C=O) groups is 2. The van der Waals surface area contributed by atoms with Gasteiger partial charge in [-0.3, -0.25) is 14.5 Å². The molecule has 1 amide bonds. The first-order chi connectivity index (χ1) is 13.8. The summed E-state index contributed by atoms with van der Waals surface area (Å²) < 4.78 is 5.58. The standard InChI is InChI=1S/C24H32N2O3/c1-24(2,3)19-10-8-18(9-11-19)21(27)12-13-23(28)25-17-20(22-7-6-16-29-22)26-14-4-5-15-26/h6-11,16,20H,4-5,12-15,17H2,1-3H3,(H,25,28). The van der Waals surface area contributed by atoms with E-state index in [1.807, 2.05) is 36.4 Å². The highest BCUT2D eigenvalue weighted by Crippen LogP contribution is 2.25. The summed E-state index contributed by atoms with van der Waals surface area (Å²) in [5.74, 6) is 0.783. The summed E-state index contributed by atoms with van der Waals surface area (Å²) in [6, 6.07) is 11.6. The third kappa shape index (κ3) is 5.80. The highest BCUT2D eigenvalue weighted by Gasteiger charge is 2.26. The lowest BCUT2D eigenvalue weighted by Gasteiger charge is -2.26. The smallest absolute Gasteiger partial charge is 0.220 e. The van der Waals surface area contributed by atoms with Crippen LogP contribution in [-0.2, 0) is 10.2 Å². The van der Waals surface area contributed by atoms with E-state index in [1.54, 1.807) is 6.26 Å². The van der Waals surface area contributed by atoms with Gasteiger partial charge >= 0.3 is 0 Å². The molecule has 1 unspecified atom stereocenters. The van der Waals surface area contributed by atoms with Crippen molar-refractivity contribution in [3.8, 4) is 0 Å². The average molecular weight is 397 g/mol. The van der Waals surface area contributed by atoms with Gasteiger partial charge in [-0.05, 0) is 49.0 Å². The molecule has 0 aliphatic carbocycles. The molecule has 1 aromatic carbocycles. The first-order valence-corrected chi connectivity index (χ1v) is 10.5. The molecule has 1 aliphatic rings. The molecule has 0 spiro atoms. The first-order valence-electron chi connectivity index (χ1n) is 10.5. The zero-order valence-electron chi connectivity index (χ0n) is 17.7. The molecule has 156 valence electrons. The number of ketones is 1. The van der Waals surface area contributed by atoms with Gasteiger partial charge in [-0.15, -0.1) is 0 Å². The minimum absolute atomic E-state index is 0.00253. The summed E-state index contributed by atoms with van der Waals surface area (Å²) in [4.78, 5) is 27.1. The molecule has 5 heteroatoms. The maximum Gasteiger partial charge on any atom is 0.220 e. The highest BCUT2D eigenvalue weighted by molar-refractivity contribution is 5.98. The van der Waals surface area contributed by atoms with Crippen molar-refractivity contribution in [1.82, 2.24) is 10.2 Å². The van der Waals surface area contributed by atoms with Crippen molar-refractivity contribution in [3.63, 3.8) is 0 Å². The SMILES string of the molecule is CC(C)(C)c1ccc(C(=O)CCC(=O)NCC(c2ccco2)N2CCCC2)cc1. The largest absolute Gasteiger partial charge is 0.468 e. The van der Waals surface area contributed by atoms with Crippen molar-refractivity contribution < 1.29 is 14.0 Å². The van der Waals surface area contributed by atoms with Gasteiger partial charge in [0.25, 0.3) is 0 Å². The molecule has 1 aromatic heterocycles. The molecule has 1 fully saturated rings. The van der Waals surface area contributed by atoms with Gasteiger partial charge in [-0.25, -0.2) is 0 Å². The second-order valence-corrected chi connectivity index (χ2v) is 8.83. The highest BCUT2D eigenvalue weighted by atomic mass is 16.3. The maximum atomic E-state index is 12.4. The Morgan fingerprint density at radius 3 is 2.34 bits per heavy atom. The molecule has 2 heterocycles. The van der Waals surface area contributed by atoms with Crippen LogP contribution < -0.4 is 5.32 Å². The molecule has 1 atom stereocenters. The van der Waals surface area contributed by atoms with Gasteiger partial charge in [0.1, 0.15) is 5.76 Å². The van der Waals surface area contributed by atoms with E-state index in [-0.39, 0.29) is 36.0 Å². The molecule has 29 heavy (non-hydrogen) atoms. The Labute approximate surface area is 173 Å². The Balaban J connectivity index is 1.49. The zero-order chi connectivity index (χ0) is 20.9. The van der Waals surface area contributed by atoms with Gasteiger partial charge < -0.3 is 9.73 Å². The van der Waals surface area contributed by atoms with Crippen molar-refractivity contribution in [2.45, 2.75) is 57.9 Å². The van der Waals surface area contributed by atoms with Crippen molar-refractivity contribution in [2.75, 3.05) is 19.6 Å². The zero-order valence-corrected chi connectivity index (χ0v) is 17.7. The van der Waals surface area contributed by atoms with Crippen LogP contribution in [0.15, 0.2) is 47.1 Å². The van der Waals surface area contributed by atoms with Gasteiger partial charge in [-0.2, -0.15) is 0 Å². The lowest BCUT2D eigenvalue weighted by atomic mass is 9.86. The Morgan fingerprint density at radius 2 is 1.76 bits per heavy atom. The summed E-state index contributed by atoms with van der Waals surface area (Å²) in [6.07, 6.45) is 4.44. The van der Waals surface area contributed by atoms with E-state index in [0.29, 0.717) is 12.1 Å². The van der Waals surface area contributed by atoms with E-state index in [1.165, 1.54) is 18.4 Å². The molecular weight excluding hydrogens is 364 g/mol. The molecule has 2 aromatic rings. The number of rotatable bonds is 8. The number of furan rings is 1. The second-order valence-electron chi connectivity index (χ2n) is 8.83. The van der Waals surface area contributed by atoms with Crippen LogP contribution >= 0.6 is 0 Å². The molecule has 3 rings (SSSR count). The third-order valence-electron chi connectivity index (χ3n) is 5.60. The number of hydrogen-bond acceptors (Lipinski definition) is 4. The van der Waals surface area contributed by atoms with E-state index in [4.69, 9.17) is 4.42 Å². The lowest BCUT2D eigenvalue weighted by Crippen LogP contribution is -2.36. The van der Waals surface area contributed by atoms with E-state index in [9.17, 15) is 9.59 Å². The number of nitrogens with zero attached hydrogens (tertiary/aromatic N) is 1. The number of nitrogens with one attached hydrogen (secondary N) is 1. The van der Waals surface area contributed by atoms with Crippen LogP contribution in [0.1, 0.15) is 74.2 Å². The van der Waals surface area contributed by atoms with E-state index < -0.39 is 0 Å². The van der Waals surface area contributed by atoms with E-state index >= 15 is 0 Å². The molecular formula is C24H32N2O3. The van der Waals surface area contributed by atoms with Crippen LogP contribution in [0.2, 0.25) is 0 Å². The lowest BCUT2D eigenvalue weighted by molar-refractivity contribution is -0.121. The van der Waals surface area contributed by atoms with Crippen LogP contribution in [-0.4, -0.2) is 36.2 Å². The minimum atomic E-state index is -0.0968. The topological polar surface area (TPSA) is 62.6 Å². The van der Waals surface area contributed by atoms with Crippen LogP contribution in [0.3, 0.4) is 0 Å². The first kappa shape index (κ1) is 21.3. The predicted octanol–water partition coefficient (Wildman–Crippen LogP) is 4.49. The Kier molecular flexibility index (Phi) is 6.91. The molecule has 5 nitrogen and oxygen atoms in total. The fourth-order valence-corrected chi connectivity index (χ4v) is 3.77. The van der Waals surface area contributed by atoms with E-state index in [2.05, 4.69) is 31.0 Å². The molecule has 1 N–H and O–H groups in total.